The lowest BCUT2D eigenvalue weighted by Gasteiger charge is -2.39. The zero-order valence-electron chi connectivity index (χ0n) is 17.7. The van der Waals surface area contributed by atoms with Crippen molar-refractivity contribution in [1.29, 1.82) is 0 Å². The van der Waals surface area contributed by atoms with Crippen molar-refractivity contribution in [2.24, 2.45) is 5.41 Å². The van der Waals surface area contributed by atoms with Gasteiger partial charge in [0.05, 0.1) is 31.3 Å². The number of aromatic nitrogens is 2. The Bertz CT molecular complexity index is 1210. The van der Waals surface area contributed by atoms with Crippen molar-refractivity contribution in [3.8, 4) is 11.5 Å². The molecule has 30 heavy (non-hydrogen) atoms. The van der Waals surface area contributed by atoms with Crippen LogP contribution in [-0.4, -0.2) is 29.6 Å². The summed E-state index contributed by atoms with van der Waals surface area (Å²) in [5, 5.41) is 3.48. The highest BCUT2D eigenvalue weighted by Crippen LogP contribution is 2.49. The molecule has 0 radical (unpaired) electrons. The number of imidazole rings is 1. The van der Waals surface area contributed by atoms with E-state index in [0.717, 1.165) is 40.2 Å². The van der Waals surface area contributed by atoms with Crippen LogP contribution < -0.4 is 14.8 Å². The van der Waals surface area contributed by atoms with E-state index >= 15 is 0 Å². The number of ketones is 1. The van der Waals surface area contributed by atoms with E-state index in [1.807, 2.05) is 42.5 Å². The average molecular weight is 403 g/mol. The second kappa shape index (κ2) is 6.62. The summed E-state index contributed by atoms with van der Waals surface area (Å²) in [6, 6.07) is 13.5. The molecule has 0 unspecified atom stereocenters. The van der Waals surface area contributed by atoms with Crippen LogP contribution in [0.3, 0.4) is 0 Å². The van der Waals surface area contributed by atoms with Gasteiger partial charge in [-0.3, -0.25) is 9.36 Å². The second-order valence-electron chi connectivity index (χ2n) is 8.74. The number of rotatable bonds is 3. The Morgan fingerprint density at radius 2 is 1.87 bits per heavy atom. The van der Waals surface area contributed by atoms with E-state index in [4.69, 9.17) is 14.5 Å². The smallest absolute Gasteiger partial charge is 0.209 e. The van der Waals surface area contributed by atoms with Crippen molar-refractivity contribution < 1.29 is 14.3 Å². The fourth-order valence-electron chi connectivity index (χ4n) is 4.84. The molecule has 0 amide bonds. The van der Waals surface area contributed by atoms with Crippen LogP contribution in [-0.2, 0) is 4.79 Å². The van der Waals surface area contributed by atoms with E-state index in [9.17, 15) is 4.79 Å². The Morgan fingerprint density at radius 3 is 2.63 bits per heavy atom. The molecule has 3 aromatic rings. The zero-order chi connectivity index (χ0) is 21.0. The van der Waals surface area contributed by atoms with E-state index in [-0.39, 0.29) is 17.2 Å². The molecule has 5 rings (SSSR count). The van der Waals surface area contributed by atoms with E-state index in [2.05, 4.69) is 23.7 Å². The number of carbonyl (C=O) groups excluding carboxylic acids is 1. The molecule has 1 atom stereocenters. The Kier molecular flexibility index (Phi) is 4.13. The third-order valence-corrected chi connectivity index (χ3v) is 6.04. The third kappa shape index (κ3) is 2.70. The molecule has 1 aliphatic carbocycles. The molecule has 2 aliphatic rings. The monoisotopic (exact) mass is 403 g/mol. The van der Waals surface area contributed by atoms with Gasteiger partial charge in [-0.15, -0.1) is 0 Å². The summed E-state index contributed by atoms with van der Waals surface area (Å²) >= 11 is 0. The first-order chi connectivity index (χ1) is 14.4. The zero-order valence-corrected chi connectivity index (χ0v) is 17.7. The number of allylic oxidation sites excluding steroid dienone is 2. The number of carbonyl (C=O) groups is 1. The van der Waals surface area contributed by atoms with E-state index in [1.165, 1.54) is 0 Å². The van der Waals surface area contributed by atoms with Gasteiger partial charge in [0, 0.05) is 23.3 Å². The molecule has 1 aromatic heterocycles. The maximum atomic E-state index is 13.4. The maximum Gasteiger partial charge on any atom is 0.209 e. The highest BCUT2D eigenvalue weighted by atomic mass is 16.5. The van der Waals surface area contributed by atoms with E-state index < -0.39 is 0 Å². The van der Waals surface area contributed by atoms with Crippen molar-refractivity contribution in [2.45, 2.75) is 32.7 Å². The van der Waals surface area contributed by atoms with E-state index in [0.29, 0.717) is 17.9 Å². The van der Waals surface area contributed by atoms with Gasteiger partial charge >= 0.3 is 0 Å². The first kappa shape index (κ1) is 18.7. The van der Waals surface area contributed by atoms with Crippen LogP contribution in [0.25, 0.3) is 11.0 Å². The Hall–Kier alpha value is -3.28. The summed E-state index contributed by atoms with van der Waals surface area (Å²) in [7, 11) is 3.26. The van der Waals surface area contributed by atoms with Crippen molar-refractivity contribution in [2.75, 3.05) is 19.5 Å². The number of nitrogens with one attached hydrogen (secondary N) is 1. The number of ether oxygens (including phenoxy) is 2. The third-order valence-electron chi connectivity index (χ3n) is 6.04. The number of hydrogen-bond donors (Lipinski definition) is 1. The SMILES string of the molecule is COc1cccc([C@H]2C3=C(CC(C)(C)CC3=O)Nc3nc4ccccc4n32)c1OC. The molecule has 0 saturated carbocycles. The number of anilines is 1. The summed E-state index contributed by atoms with van der Waals surface area (Å²) in [4.78, 5) is 18.3. The van der Waals surface area contributed by atoms with Gasteiger partial charge in [-0.05, 0) is 30.0 Å². The summed E-state index contributed by atoms with van der Waals surface area (Å²) < 4.78 is 13.4. The Morgan fingerprint density at radius 1 is 1.07 bits per heavy atom. The minimum Gasteiger partial charge on any atom is -0.493 e. The fourth-order valence-corrected chi connectivity index (χ4v) is 4.84. The summed E-state index contributed by atoms with van der Waals surface area (Å²) in [6.45, 7) is 4.27. The number of para-hydroxylation sites is 3. The first-order valence-corrected chi connectivity index (χ1v) is 10.1. The minimum atomic E-state index is -0.336. The van der Waals surface area contributed by atoms with Crippen LogP contribution in [0.5, 0.6) is 11.5 Å². The predicted octanol–water partition coefficient (Wildman–Crippen LogP) is 4.71. The maximum absolute atomic E-state index is 13.4. The highest BCUT2D eigenvalue weighted by Gasteiger charge is 2.42. The van der Waals surface area contributed by atoms with Gasteiger partial charge in [0.1, 0.15) is 0 Å². The Balaban J connectivity index is 1.83. The molecule has 6 nitrogen and oxygen atoms in total. The van der Waals surface area contributed by atoms with Gasteiger partial charge in [-0.2, -0.15) is 0 Å². The molecule has 1 aliphatic heterocycles. The lowest BCUT2D eigenvalue weighted by atomic mass is 9.73. The summed E-state index contributed by atoms with van der Waals surface area (Å²) in [6.07, 6.45) is 1.30. The molecule has 0 saturated heterocycles. The molecule has 2 heterocycles. The van der Waals surface area contributed by atoms with Crippen LogP contribution >= 0.6 is 0 Å². The summed E-state index contributed by atoms with van der Waals surface area (Å²) in [5.41, 5.74) is 4.39. The quantitative estimate of drug-likeness (QED) is 0.686. The van der Waals surface area contributed by atoms with Gasteiger partial charge in [0.2, 0.25) is 5.95 Å². The number of hydrogen-bond acceptors (Lipinski definition) is 5. The molecule has 0 spiro atoms. The van der Waals surface area contributed by atoms with Gasteiger partial charge < -0.3 is 14.8 Å². The molecule has 2 aromatic carbocycles. The second-order valence-corrected chi connectivity index (χ2v) is 8.74. The standard InChI is InChI=1S/C24H25N3O3/c1-24(2)12-16-20(18(28)13-24)21(14-8-7-11-19(29-3)22(14)30-4)27-17-10-6-5-9-15(17)25-23(27)26-16/h5-11,21H,12-13H2,1-4H3,(H,25,26)/t21-/m0/s1. The van der Waals surface area contributed by atoms with Gasteiger partial charge in [-0.1, -0.05) is 38.1 Å². The number of benzene rings is 2. The number of nitrogens with zero attached hydrogens (tertiary/aromatic N) is 2. The fraction of sp³-hybridized carbons (Fsp3) is 0.333. The van der Waals surface area contributed by atoms with Crippen LogP contribution in [0.1, 0.15) is 38.3 Å². The average Bonchev–Trinajstić information content (AvgIpc) is 3.08. The molecule has 0 bridgehead atoms. The van der Waals surface area contributed by atoms with Crippen LogP contribution in [0, 0.1) is 5.41 Å². The van der Waals surface area contributed by atoms with Gasteiger partial charge in [-0.25, -0.2) is 4.98 Å². The molecule has 6 heteroatoms. The largest absolute Gasteiger partial charge is 0.493 e. The lowest BCUT2D eigenvalue weighted by Crippen LogP contribution is -2.36. The molecule has 1 N–H and O–H groups in total. The van der Waals surface area contributed by atoms with Crippen molar-refractivity contribution in [1.82, 2.24) is 9.55 Å². The Labute approximate surface area is 175 Å². The highest BCUT2D eigenvalue weighted by molar-refractivity contribution is 6.01. The van der Waals surface area contributed by atoms with Crippen LogP contribution in [0.4, 0.5) is 5.95 Å². The molecule has 154 valence electrons. The molecular formula is C24H25N3O3. The normalized spacial score (nSPS) is 19.9. The topological polar surface area (TPSA) is 65.4 Å². The lowest BCUT2D eigenvalue weighted by molar-refractivity contribution is -0.118. The van der Waals surface area contributed by atoms with Crippen molar-refractivity contribution >= 4 is 22.8 Å². The number of Topliss-reactive ketones (excluding diaryl/α,β-unsaturated/α-hetero) is 1. The van der Waals surface area contributed by atoms with E-state index in [1.54, 1.807) is 14.2 Å². The molecule has 0 fully saturated rings. The van der Waals surface area contributed by atoms with Crippen LogP contribution in [0.15, 0.2) is 53.7 Å². The minimum absolute atomic E-state index is 0.0971. The predicted molar refractivity (Wildman–Crippen MR) is 116 cm³/mol. The van der Waals surface area contributed by atoms with Crippen LogP contribution in [0.2, 0.25) is 0 Å². The number of methoxy groups -OCH3 is 2. The first-order valence-electron chi connectivity index (χ1n) is 10.1. The molecular weight excluding hydrogens is 378 g/mol. The van der Waals surface area contributed by atoms with Gasteiger partial charge in [0.25, 0.3) is 0 Å². The summed E-state index contributed by atoms with van der Waals surface area (Å²) in [5.74, 6) is 2.19. The van der Waals surface area contributed by atoms with Crippen molar-refractivity contribution in [3.63, 3.8) is 0 Å². The number of fused-ring (bicyclic) bond motifs is 3. The van der Waals surface area contributed by atoms with Crippen molar-refractivity contribution in [3.05, 3.63) is 59.3 Å². The van der Waals surface area contributed by atoms with Gasteiger partial charge in [0.15, 0.2) is 17.3 Å².